The number of pyridine rings is 1. The molecule has 0 bridgehead atoms. The van der Waals surface area contributed by atoms with Crippen molar-refractivity contribution in [1.82, 2.24) is 15.2 Å². The van der Waals surface area contributed by atoms with Crippen molar-refractivity contribution in [2.75, 3.05) is 13.1 Å². The minimum absolute atomic E-state index is 0.124. The van der Waals surface area contributed by atoms with Gasteiger partial charge in [-0.3, -0.25) is 9.59 Å². The molecule has 1 aromatic carbocycles. The molecular weight excluding hydrogens is 330 g/mol. The number of aromatic nitrogens is 1. The zero-order valence-corrected chi connectivity index (χ0v) is 15.4. The monoisotopic (exact) mass is 355 g/mol. The Labute approximate surface area is 152 Å². The molecule has 2 aromatic rings. The number of nitrogens with zero attached hydrogens (tertiary/aromatic N) is 1. The van der Waals surface area contributed by atoms with Crippen molar-refractivity contribution in [2.24, 2.45) is 7.05 Å². The molecule has 1 saturated heterocycles. The van der Waals surface area contributed by atoms with Gasteiger partial charge in [-0.25, -0.2) is 0 Å². The molecule has 1 fully saturated rings. The fourth-order valence-electron chi connectivity index (χ4n) is 3.68. The van der Waals surface area contributed by atoms with E-state index < -0.39 is 17.6 Å². The van der Waals surface area contributed by atoms with Gasteiger partial charge in [0.25, 0.3) is 11.5 Å². The minimum Gasteiger partial charge on any atom is -0.389 e. The van der Waals surface area contributed by atoms with E-state index in [9.17, 15) is 14.7 Å². The lowest BCUT2D eigenvalue weighted by Crippen LogP contribution is -2.61. The van der Waals surface area contributed by atoms with Crippen molar-refractivity contribution < 1.29 is 9.90 Å². The van der Waals surface area contributed by atoms with Gasteiger partial charge in [0.15, 0.2) is 0 Å². The summed E-state index contributed by atoms with van der Waals surface area (Å²) in [5.74, 6) is -0.451. The summed E-state index contributed by atoms with van der Waals surface area (Å²) in [5, 5.41) is 16.9. The van der Waals surface area contributed by atoms with Crippen LogP contribution in [0.1, 0.15) is 33.6 Å². The highest BCUT2D eigenvalue weighted by Gasteiger charge is 2.43. The standard InChI is InChI=1S/C20H25N3O3/c1-13-11-14(2)23(3)19(26)17(13)18(25)22-20(9-10-21-12-16(20)24)15-7-5-4-6-8-15/h4-8,11,16,21,24H,9-10,12H2,1-3H3,(H,22,25)/t16-,20+/m1/s1. The molecule has 1 amide bonds. The van der Waals surface area contributed by atoms with E-state index in [4.69, 9.17) is 0 Å². The van der Waals surface area contributed by atoms with Gasteiger partial charge in [-0.15, -0.1) is 0 Å². The van der Waals surface area contributed by atoms with E-state index in [0.29, 0.717) is 25.1 Å². The molecule has 0 aliphatic carbocycles. The number of piperidine rings is 1. The largest absolute Gasteiger partial charge is 0.389 e. The summed E-state index contributed by atoms with van der Waals surface area (Å²) in [4.78, 5) is 25.7. The van der Waals surface area contributed by atoms with Crippen LogP contribution in [0.15, 0.2) is 41.2 Å². The minimum atomic E-state index is -0.925. The Morgan fingerprint density at radius 3 is 2.65 bits per heavy atom. The fraction of sp³-hybridized carbons (Fsp3) is 0.400. The summed E-state index contributed by atoms with van der Waals surface area (Å²) in [6.07, 6.45) is -0.257. The normalized spacial score (nSPS) is 22.8. The first-order valence-corrected chi connectivity index (χ1v) is 8.81. The van der Waals surface area contributed by atoms with Gasteiger partial charge in [-0.1, -0.05) is 30.3 Å². The second-order valence-corrected chi connectivity index (χ2v) is 6.97. The average Bonchev–Trinajstić information content (AvgIpc) is 2.62. The van der Waals surface area contributed by atoms with Gasteiger partial charge in [0.2, 0.25) is 0 Å². The van der Waals surface area contributed by atoms with Gasteiger partial charge in [-0.05, 0) is 44.0 Å². The van der Waals surface area contributed by atoms with E-state index in [1.807, 2.05) is 43.3 Å². The quantitative estimate of drug-likeness (QED) is 0.766. The summed E-state index contributed by atoms with van der Waals surface area (Å²) < 4.78 is 1.47. The SMILES string of the molecule is Cc1cc(C)n(C)c(=O)c1C(=O)N[C@]1(c2ccccc2)CCNC[C@H]1O. The van der Waals surface area contributed by atoms with Crippen molar-refractivity contribution in [3.63, 3.8) is 0 Å². The Kier molecular flexibility index (Phi) is 4.98. The molecule has 6 heteroatoms. The molecule has 3 rings (SSSR count). The van der Waals surface area contributed by atoms with Crippen LogP contribution in [0.4, 0.5) is 0 Å². The number of aliphatic hydroxyl groups is 1. The third-order valence-electron chi connectivity index (χ3n) is 5.32. The fourth-order valence-corrected chi connectivity index (χ4v) is 3.68. The van der Waals surface area contributed by atoms with E-state index >= 15 is 0 Å². The topological polar surface area (TPSA) is 83.4 Å². The van der Waals surface area contributed by atoms with Crippen molar-refractivity contribution in [2.45, 2.75) is 31.9 Å². The molecule has 1 aliphatic heterocycles. The first-order chi connectivity index (χ1) is 12.4. The molecule has 0 saturated carbocycles. The van der Waals surface area contributed by atoms with Crippen molar-refractivity contribution in [3.8, 4) is 0 Å². The number of amides is 1. The molecule has 26 heavy (non-hydrogen) atoms. The lowest BCUT2D eigenvalue weighted by Gasteiger charge is -2.43. The smallest absolute Gasteiger partial charge is 0.263 e. The summed E-state index contributed by atoms with van der Waals surface area (Å²) >= 11 is 0. The molecule has 1 aliphatic rings. The number of rotatable bonds is 3. The lowest BCUT2D eigenvalue weighted by molar-refractivity contribution is 0.0288. The Morgan fingerprint density at radius 1 is 1.31 bits per heavy atom. The van der Waals surface area contributed by atoms with Gasteiger partial charge >= 0.3 is 0 Å². The van der Waals surface area contributed by atoms with Crippen LogP contribution in [0.25, 0.3) is 0 Å². The van der Waals surface area contributed by atoms with Crippen LogP contribution in [-0.4, -0.2) is 34.8 Å². The highest BCUT2D eigenvalue weighted by atomic mass is 16.3. The highest BCUT2D eigenvalue weighted by Crippen LogP contribution is 2.31. The summed E-state index contributed by atoms with van der Waals surface area (Å²) in [6.45, 7) is 4.63. The number of hydrogen-bond acceptors (Lipinski definition) is 4. The molecule has 6 nitrogen and oxygen atoms in total. The number of benzene rings is 1. The number of aliphatic hydroxyl groups excluding tert-OH is 1. The Bertz CT molecular complexity index is 876. The van der Waals surface area contributed by atoms with Crippen molar-refractivity contribution in [3.05, 3.63) is 69.1 Å². The zero-order chi connectivity index (χ0) is 18.9. The Morgan fingerprint density at radius 2 is 2.00 bits per heavy atom. The average molecular weight is 355 g/mol. The maximum absolute atomic E-state index is 13.1. The van der Waals surface area contributed by atoms with Crippen LogP contribution in [0.2, 0.25) is 0 Å². The van der Waals surface area contributed by atoms with Crippen LogP contribution in [0, 0.1) is 13.8 Å². The number of aryl methyl sites for hydroxylation is 2. The number of hydrogen-bond donors (Lipinski definition) is 3. The van der Waals surface area contributed by atoms with Crippen LogP contribution in [0.3, 0.4) is 0 Å². The number of carbonyl (C=O) groups is 1. The van der Waals surface area contributed by atoms with E-state index in [0.717, 1.165) is 11.3 Å². The first kappa shape index (κ1) is 18.4. The second kappa shape index (κ2) is 7.05. The molecule has 2 atom stereocenters. The van der Waals surface area contributed by atoms with Gasteiger partial charge in [0.1, 0.15) is 5.56 Å². The van der Waals surface area contributed by atoms with Crippen LogP contribution >= 0.6 is 0 Å². The molecule has 138 valence electrons. The molecule has 0 radical (unpaired) electrons. The van der Waals surface area contributed by atoms with Crippen molar-refractivity contribution in [1.29, 1.82) is 0 Å². The van der Waals surface area contributed by atoms with Gasteiger partial charge < -0.3 is 20.3 Å². The van der Waals surface area contributed by atoms with E-state index in [1.165, 1.54) is 4.57 Å². The number of nitrogens with one attached hydrogen (secondary N) is 2. The van der Waals surface area contributed by atoms with Crippen LogP contribution in [-0.2, 0) is 12.6 Å². The number of β-amino-alcohol motifs (C(OH)–C–C–N with tert-alkyl or cyclic N) is 1. The third-order valence-corrected chi connectivity index (χ3v) is 5.32. The van der Waals surface area contributed by atoms with Gasteiger partial charge in [0.05, 0.1) is 11.6 Å². The lowest BCUT2D eigenvalue weighted by atomic mass is 9.79. The van der Waals surface area contributed by atoms with E-state index in [1.54, 1.807) is 14.0 Å². The Hall–Kier alpha value is -2.44. The zero-order valence-electron chi connectivity index (χ0n) is 15.4. The Balaban J connectivity index is 2.05. The molecule has 1 aromatic heterocycles. The van der Waals surface area contributed by atoms with E-state index in [-0.39, 0.29) is 11.1 Å². The van der Waals surface area contributed by atoms with E-state index in [2.05, 4.69) is 10.6 Å². The van der Waals surface area contributed by atoms with Crippen LogP contribution in [0.5, 0.6) is 0 Å². The first-order valence-electron chi connectivity index (χ1n) is 8.81. The van der Waals surface area contributed by atoms with Gasteiger partial charge in [0, 0.05) is 19.3 Å². The second-order valence-electron chi connectivity index (χ2n) is 6.97. The predicted octanol–water partition coefficient (Wildman–Crippen LogP) is 0.982. The van der Waals surface area contributed by atoms with Gasteiger partial charge in [-0.2, -0.15) is 0 Å². The molecule has 0 spiro atoms. The molecular formula is C20H25N3O3. The molecule has 3 N–H and O–H groups in total. The van der Waals surface area contributed by atoms with Crippen molar-refractivity contribution >= 4 is 5.91 Å². The number of carbonyl (C=O) groups excluding carboxylic acids is 1. The molecule has 0 unspecified atom stereocenters. The molecule has 2 heterocycles. The summed E-state index contributed by atoms with van der Waals surface area (Å²) in [6, 6.07) is 11.3. The summed E-state index contributed by atoms with van der Waals surface area (Å²) in [7, 11) is 1.65. The summed E-state index contributed by atoms with van der Waals surface area (Å²) in [5.41, 5.74) is 1.14. The predicted molar refractivity (Wildman–Crippen MR) is 100 cm³/mol. The third kappa shape index (κ3) is 3.06. The highest BCUT2D eigenvalue weighted by molar-refractivity contribution is 5.96. The maximum atomic E-state index is 13.1. The maximum Gasteiger partial charge on any atom is 0.263 e. The van der Waals surface area contributed by atoms with Crippen LogP contribution < -0.4 is 16.2 Å².